The first-order valence-corrected chi connectivity index (χ1v) is 10.1. The molecule has 152 valence electrons. The van der Waals surface area contributed by atoms with E-state index in [0.717, 1.165) is 38.5 Å². The minimum atomic E-state index is -0.910. The van der Waals surface area contributed by atoms with Gasteiger partial charge >= 0.3 is 11.9 Å². The van der Waals surface area contributed by atoms with E-state index in [4.69, 9.17) is 9.84 Å². The number of aliphatic carboxylic acids is 1. The molecule has 1 amide bonds. The Balaban J connectivity index is 0.000000194. The summed E-state index contributed by atoms with van der Waals surface area (Å²) >= 11 is 0. The fourth-order valence-electron chi connectivity index (χ4n) is 4.30. The van der Waals surface area contributed by atoms with E-state index in [1.807, 2.05) is 0 Å². The van der Waals surface area contributed by atoms with Crippen LogP contribution in [-0.2, 0) is 19.1 Å². The predicted molar refractivity (Wildman–Crippen MR) is 101 cm³/mol. The largest absolute Gasteiger partial charge is 0.480 e. The van der Waals surface area contributed by atoms with Crippen LogP contribution in [0.5, 0.6) is 0 Å². The molecule has 0 aromatic rings. The second-order valence-electron chi connectivity index (χ2n) is 7.83. The first-order chi connectivity index (χ1) is 12.9. The molecule has 2 atom stereocenters. The van der Waals surface area contributed by atoms with Crippen molar-refractivity contribution in [3.05, 3.63) is 0 Å². The number of hydrogen-bond donors (Lipinski definition) is 2. The van der Waals surface area contributed by atoms with E-state index in [1.54, 1.807) is 6.92 Å². The van der Waals surface area contributed by atoms with Crippen molar-refractivity contribution in [2.45, 2.75) is 90.1 Å². The molecule has 1 aliphatic heterocycles. The van der Waals surface area contributed by atoms with Crippen molar-refractivity contribution in [1.29, 1.82) is 0 Å². The number of esters is 1. The summed E-state index contributed by atoms with van der Waals surface area (Å²) in [6, 6.07) is -0.868. The summed E-state index contributed by atoms with van der Waals surface area (Å²) in [6.07, 6.45) is 11.2. The number of carbonyl (C=O) groups excluding carboxylic acids is 2. The molecule has 0 radical (unpaired) electrons. The van der Waals surface area contributed by atoms with Crippen molar-refractivity contribution < 1.29 is 24.2 Å². The Morgan fingerprint density at radius 3 is 2.07 bits per heavy atom. The van der Waals surface area contributed by atoms with Gasteiger partial charge in [-0.3, -0.25) is 4.79 Å². The van der Waals surface area contributed by atoms with Gasteiger partial charge in [0.25, 0.3) is 0 Å². The molecule has 27 heavy (non-hydrogen) atoms. The lowest BCUT2D eigenvalue weighted by molar-refractivity contribution is -0.143. The number of nitrogens with one attached hydrogen (secondary N) is 1. The second-order valence-corrected chi connectivity index (χ2v) is 7.83. The number of amides is 1. The summed E-state index contributed by atoms with van der Waals surface area (Å²) < 4.78 is 4.94. The van der Waals surface area contributed by atoms with Gasteiger partial charge in [-0.05, 0) is 37.5 Å². The normalized spacial score (nSPS) is 24.9. The number of ether oxygens (including phenoxy) is 1. The van der Waals surface area contributed by atoms with Gasteiger partial charge in [0.15, 0.2) is 11.9 Å². The van der Waals surface area contributed by atoms with Gasteiger partial charge in [0.2, 0.25) is 5.91 Å². The SMILES string of the molecule is CC(=O)NC(C(=O)O)C1CCCCC1.CC1=NC(C2CCCCC2)C(=O)O1. The molecule has 0 aromatic heterocycles. The Morgan fingerprint density at radius 2 is 1.63 bits per heavy atom. The lowest BCUT2D eigenvalue weighted by Gasteiger charge is -2.27. The Labute approximate surface area is 160 Å². The van der Waals surface area contributed by atoms with E-state index >= 15 is 0 Å². The van der Waals surface area contributed by atoms with Crippen molar-refractivity contribution in [1.82, 2.24) is 5.32 Å². The zero-order valence-corrected chi connectivity index (χ0v) is 16.4. The lowest BCUT2D eigenvalue weighted by atomic mass is 9.84. The fourth-order valence-corrected chi connectivity index (χ4v) is 4.30. The van der Waals surface area contributed by atoms with Crippen molar-refractivity contribution in [2.24, 2.45) is 16.8 Å². The van der Waals surface area contributed by atoms with Crippen LogP contribution in [0, 0.1) is 11.8 Å². The topological polar surface area (TPSA) is 105 Å². The van der Waals surface area contributed by atoms with Crippen LogP contribution in [-0.4, -0.2) is 40.9 Å². The van der Waals surface area contributed by atoms with Gasteiger partial charge in [-0.15, -0.1) is 0 Å². The zero-order chi connectivity index (χ0) is 19.8. The van der Waals surface area contributed by atoms with E-state index < -0.39 is 12.0 Å². The third-order valence-electron chi connectivity index (χ3n) is 5.65. The Kier molecular flexibility index (Phi) is 8.25. The molecular weight excluding hydrogens is 348 g/mol. The van der Waals surface area contributed by atoms with Crippen molar-refractivity contribution in [2.75, 3.05) is 0 Å². The third kappa shape index (κ3) is 6.63. The molecule has 2 saturated carbocycles. The molecular formula is C20H32N2O5. The van der Waals surface area contributed by atoms with Crippen molar-refractivity contribution in [3.63, 3.8) is 0 Å². The highest BCUT2D eigenvalue weighted by molar-refractivity contribution is 5.96. The summed E-state index contributed by atoms with van der Waals surface area (Å²) in [7, 11) is 0. The Hall–Kier alpha value is -1.92. The number of cyclic esters (lactones) is 1. The molecule has 2 N–H and O–H groups in total. The van der Waals surface area contributed by atoms with E-state index in [-0.39, 0.29) is 23.8 Å². The summed E-state index contributed by atoms with van der Waals surface area (Å²) in [5, 5.41) is 11.5. The highest BCUT2D eigenvalue weighted by Crippen LogP contribution is 2.30. The van der Waals surface area contributed by atoms with Crippen LogP contribution in [0.2, 0.25) is 0 Å². The van der Waals surface area contributed by atoms with Crippen LogP contribution in [0.25, 0.3) is 0 Å². The minimum absolute atomic E-state index is 0.116. The summed E-state index contributed by atoms with van der Waals surface area (Å²) in [5.74, 6) is -0.205. The van der Waals surface area contributed by atoms with Gasteiger partial charge in [-0.1, -0.05) is 38.5 Å². The number of rotatable bonds is 4. The average Bonchev–Trinajstić information content (AvgIpc) is 2.99. The monoisotopic (exact) mass is 380 g/mol. The molecule has 0 bridgehead atoms. The summed E-state index contributed by atoms with van der Waals surface area (Å²) in [5.41, 5.74) is 0. The first kappa shape index (κ1) is 21.4. The highest BCUT2D eigenvalue weighted by Gasteiger charge is 2.34. The summed E-state index contributed by atoms with van der Waals surface area (Å²) in [6.45, 7) is 3.11. The maximum Gasteiger partial charge on any atom is 0.337 e. The number of nitrogens with zero attached hydrogens (tertiary/aromatic N) is 1. The number of carbonyl (C=O) groups is 3. The Morgan fingerprint density at radius 1 is 1.07 bits per heavy atom. The van der Waals surface area contributed by atoms with Crippen LogP contribution in [0.1, 0.15) is 78.1 Å². The van der Waals surface area contributed by atoms with Gasteiger partial charge in [0.05, 0.1) is 0 Å². The van der Waals surface area contributed by atoms with E-state index in [0.29, 0.717) is 11.8 Å². The molecule has 2 unspecified atom stereocenters. The quantitative estimate of drug-likeness (QED) is 0.729. The Bertz CT molecular complexity index is 563. The number of aliphatic imine (C=N–C) groups is 1. The van der Waals surface area contributed by atoms with Gasteiger partial charge in [-0.25, -0.2) is 14.6 Å². The number of hydrogen-bond acceptors (Lipinski definition) is 5. The number of carboxylic acid groups (broad SMARTS) is 1. The first-order valence-electron chi connectivity index (χ1n) is 10.1. The molecule has 0 spiro atoms. The van der Waals surface area contributed by atoms with E-state index in [1.165, 1.54) is 32.6 Å². The van der Waals surface area contributed by atoms with Crippen LogP contribution < -0.4 is 5.32 Å². The molecule has 2 fully saturated rings. The van der Waals surface area contributed by atoms with Crippen molar-refractivity contribution in [3.8, 4) is 0 Å². The van der Waals surface area contributed by atoms with Crippen molar-refractivity contribution >= 4 is 23.7 Å². The molecule has 7 heteroatoms. The van der Waals surface area contributed by atoms with E-state index in [2.05, 4.69) is 10.3 Å². The predicted octanol–water partition coefficient (Wildman–Crippen LogP) is 3.07. The maximum atomic E-state index is 11.3. The van der Waals surface area contributed by atoms with Gasteiger partial charge in [0, 0.05) is 13.8 Å². The van der Waals surface area contributed by atoms with Gasteiger partial charge < -0.3 is 15.2 Å². The highest BCUT2D eigenvalue weighted by atomic mass is 16.6. The second kappa shape index (κ2) is 10.4. The van der Waals surface area contributed by atoms with Crippen LogP contribution in [0.15, 0.2) is 4.99 Å². The maximum absolute atomic E-state index is 11.3. The van der Waals surface area contributed by atoms with E-state index in [9.17, 15) is 14.4 Å². The minimum Gasteiger partial charge on any atom is -0.480 e. The van der Waals surface area contributed by atoms with Gasteiger partial charge in [0.1, 0.15) is 6.04 Å². The summed E-state index contributed by atoms with van der Waals surface area (Å²) in [4.78, 5) is 37.3. The molecule has 2 aliphatic carbocycles. The van der Waals surface area contributed by atoms with Gasteiger partial charge in [-0.2, -0.15) is 0 Å². The molecule has 0 saturated heterocycles. The van der Waals surface area contributed by atoms with Crippen LogP contribution >= 0.6 is 0 Å². The van der Waals surface area contributed by atoms with Crippen LogP contribution in [0.4, 0.5) is 0 Å². The lowest BCUT2D eigenvalue weighted by Crippen LogP contribution is -2.45. The number of carboxylic acids is 1. The zero-order valence-electron chi connectivity index (χ0n) is 16.4. The standard InChI is InChI=1S/C10H17NO3.C10H15NO2/c1-7(12)11-9(10(13)14)8-5-3-2-4-6-8;1-7-11-9(10(12)13-7)8-5-3-2-4-6-8/h8-9H,2-6H2,1H3,(H,11,12)(H,13,14);8-9H,2-6H2,1H3. The fraction of sp³-hybridized carbons (Fsp3) is 0.800. The van der Waals surface area contributed by atoms with Crippen LogP contribution in [0.3, 0.4) is 0 Å². The molecule has 7 nitrogen and oxygen atoms in total. The smallest absolute Gasteiger partial charge is 0.337 e. The molecule has 1 heterocycles. The molecule has 3 rings (SSSR count). The average molecular weight is 380 g/mol. The molecule has 0 aromatic carbocycles. The third-order valence-corrected chi connectivity index (χ3v) is 5.65. The molecule has 3 aliphatic rings.